The molecular weight excluding hydrogens is 160 g/mol. The molecule has 0 radical (unpaired) electrons. The minimum Gasteiger partial charge on any atom is -0.320 e. The lowest BCUT2D eigenvalue weighted by Crippen LogP contribution is -2.39. The van der Waals surface area contributed by atoms with E-state index in [4.69, 9.17) is 0 Å². The van der Waals surface area contributed by atoms with E-state index >= 15 is 0 Å². The molecule has 1 aliphatic rings. The molecular formula is C9H17F2N. The molecule has 1 N–H and O–H groups in total. The summed E-state index contributed by atoms with van der Waals surface area (Å²) in [6.45, 7) is 3.00. The number of nitrogens with one attached hydrogen (secondary N) is 1. The van der Waals surface area contributed by atoms with Crippen LogP contribution in [0.25, 0.3) is 0 Å². The van der Waals surface area contributed by atoms with Gasteiger partial charge in [0.15, 0.2) is 0 Å². The molecule has 1 aliphatic carbocycles. The zero-order chi connectivity index (χ0) is 9.19. The van der Waals surface area contributed by atoms with Crippen molar-refractivity contribution in [2.45, 2.75) is 32.1 Å². The van der Waals surface area contributed by atoms with E-state index in [1.165, 1.54) is 0 Å². The van der Waals surface area contributed by atoms with Crippen LogP contribution in [0.3, 0.4) is 0 Å². The van der Waals surface area contributed by atoms with Crippen molar-refractivity contribution in [2.24, 2.45) is 11.8 Å². The third-order valence-corrected chi connectivity index (χ3v) is 2.78. The molecule has 1 saturated carbocycles. The molecule has 0 aromatic carbocycles. The van der Waals surface area contributed by atoms with Crippen LogP contribution in [0.4, 0.5) is 8.78 Å². The van der Waals surface area contributed by atoms with Crippen molar-refractivity contribution in [1.29, 1.82) is 0 Å². The Morgan fingerprint density at radius 3 is 2.50 bits per heavy atom. The van der Waals surface area contributed by atoms with E-state index in [0.717, 1.165) is 13.0 Å². The molecule has 12 heavy (non-hydrogen) atoms. The first-order chi connectivity index (χ1) is 5.55. The second kappa shape index (κ2) is 3.69. The molecule has 0 aliphatic heterocycles. The summed E-state index contributed by atoms with van der Waals surface area (Å²) in [5.74, 6) is -1.65. The van der Waals surface area contributed by atoms with Crippen molar-refractivity contribution in [3.63, 3.8) is 0 Å². The van der Waals surface area contributed by atoms with E-state index in [1.54, 1.807) is 0 Å². The molecule has 0 amide bonds. The van der Waals surface area contributed by atoms with Crippen LogP contribution in [-0.4, -0.2) is 19.5 Å². The number of halogens is 2. The third kappa shape index (κ3) is 2.41. The number of alkyl halides is 2. The van der Waals surface area contributed by atoms with Gasteiger partial charge in [0.25, 0.3) is 0 Å². The first-order valence-electron chi connectivity index (χ1n) is 4.57. The van der Waals surface area contributed by atoms with Gasteiger partial charge in [-0.05, 0) is 31.8 Å². The van der Waals surface area contributed by atoms with Gasteiger partial charge in [0, 0.05) is 12.8 Å². The molecule has 0 aromatic rings. The Morgan fingerprint density at radius 1 is 1.50 bits per heavy atom. The summed E-state index contributed by atoms with van der Waals surface area (Å²) in [6.07, 6.45) is 1.23. The minimum absolute atomic E-state index is 0.109. The summed E-state index contributed by atoms with van der Waals surface area (Å²) in [6, 6.07) is 0. The fraction of sp³-hybridized carbons (Fsp3) is 1.00. The van der Waals surface area contributed by atoms with Crippen molar-refractivity contribution < 1.29 is 8.78 Å². The van der Waals surface area contributed by atoms with E-state index in [0.29, 0.717) is 5.92 Å². The Bertz CT molecular complexity index is 139. The maximum atomic E-state index is 12.5. The lowest BCUT2D eigenvalue weighted by Gasteiger charge is -2.38. The van der Waals surface area contributed by atoms with Gasteiger partial charge in [-0.2, -0.15) is 0 Å². The fourth-order valence-corrected chi connectivity index (χ4v) is 1.72. The minimum atomic E-state index is -2.35. The van der Waals surface area contributed by atoms with E-state index in [2.05, 4.69) is 12.2 Å². The van der Waals surface area contributed by atoms with Crippen LogP contribution < -0.4 is 5.32 Å². The molecule has 1 atom stereocenters. The molecule has 72 valence electrons. The highest BCUT2D eigenvalue weighted by Crippen LogP contribution is 2.46. The number of hydrogen-bond donors (Lipinski definition) is 1. The zero-order valence-electron chi connectivity index (χ0n) is 7.74. The average molecular weight is 177 g/mol. The molecule has 0 heterocycles. The summed E-state index contributed by atoms with van der Waals surface area (Å²) >= 11 is 0. The molecule has 0 saturated heterocycles. The molecule has 1 fully saturated rings. The molecule has 0 aromatic heterocycles. The molecule has 1 nitrogen and oxygen atoms in total. The van der Waals surface area contributed by atoms with Gasteiger partial charge in [-0.15, -0.1) is 0 Å². The highest BCUT2D eigenvalue weighted by atomic mass is 19.3. The van der Waals surface area contributed by atoms with Gasteiger partial charge >= 0.3 is 0 Å². The van der Waals surface area contributed by atoms with Crippen LogP contribution in [0.15, 0.2) is 0 Å². The van der Waals surface area contributed by atoms with Gasteiger partial charge in [-0.3, -0.25) is 0 Å². The Hall–Kier alpha value is -0.180. The van der Waals surface area contributed by atoms with Crippen molar-refractivity contribution in [2.75, 3.05) is 13.6 Å². The van der Waals surface area contributed by atoms with Gasteiger partial charge in [-0.1, -0.05) is 6.92 Å². The van der Waals surface area contributed by atoms with Crippen LogP contribution in [0.2, 0.25) is 0 Å². The van der Waals surface area contributed by atoms with Crippen LogP contribution in [0.1, 0.15) is 26.2 Å². The molecule has 0 spiro atoms. The predicted molar refractivity (Wildman–Crippen MR) is 45.4 cm³/mol. The standard InChI is InChI=1S/C9H17F2N/c1-7(3-4-12-2)8-5-9(10,11)6-8/h7-8,12H,3-6H2,1-2H3. The predicted octanol–water partition coefficient (Wildman–Crippen LogP) is 2.28. The molecule has 1 unspecified atom stereocenters. The summed E-state index contributed by atoms with van der Waals surface area (Å²) < 4.78 is 24.9. The summed E-state index contributed by atoms with van der Waals surface area (Å²) in [4.78, 5) is 0. The summed E-state index contributed by atoms with van der Waals surface area (Å²) in [5.41, 5.74) is 0. The Morgan fingerprint density at radius 2 is 2.08 bits per heavy atom. The topological polar surface area (TPSA) is 12.0 Å². The van der Waals surface area contributed by atoms with E-state index in [-0.39, 0.29) is 18.8 Å². The van der Waals surface area contributed by atoms with Gasteiger partial charge in [0.1, 0.15) is 0 Å². The van der Waals surface area contributed by atoms with Crippen LogP contribution in [-0.2, 0) is 0 Å². The fourth-order valence-electron chi connectivity index (χ4n) is 1.72. The van der Waals surface area contributed by atoms with E-state index in [1.807, 2.05) is 7.05 Å². The molecule has 1 rings (SSSR count). The van der Waals surface area contributed by atoms with Crippen molar-refractivity contribution >= 4 is 0 Å². The number of rotatable bonds is 4. The smallest absolute Gasteiger partial charge is 0.248 e. The SMILES string of the molecule is CNCCC(C)C1CC(F)(F)C1. The highest BCUT2D eigenvalue weighted by Gasteiger charge is 2.46. The lowest BCUT2D eigenvalue weighted by molar-refractivity contribution is -0.124. The van der Waals surface area contributed by atoms with Gasteiger partial charge in [-0.25, -0.2) is 8.78 Å². The maximum Gasteiger partial charge on any atom is 0.248 e. The zero-order valence-corrected chi connectivity index (χ0v) is 7.74. The maximum absolute atomic E-state index is 12.5. The van der Waals surface area contributed by atoms with E-state index < -0.39 is 5.92 Å². The Labute approximate surface area is 72.5 Å². The first-order valence-corrected chi connectivity index (χ1v) is 4.57. The molecule has 3 heteroatoms. The summed E-state index contributed by atoms with van der Waals surface area (Å²) in [5, 5.41) is 3.03. The average Bonchev–Trinajstić information content (AvgIpc) is 1.95. The van der Waals surface area contributed by atoms with Crippen LogP contribution in [0, 0.1) is 11.8 Å². The highest BCUT2D eigenvalue weighted by molar-refractivity contribution is 4.88. The second-order valence-electron chi connectivity index (χ2n) is 3.89. The third-order valence-electron chi connectivity index (χ3n) is 2.78. The van der Waals surface area contributed by atoms with Gasteiger partial charge < -0.3 is 5.32 Å². The van der Waals surface area contributed by atoms with Gasteiger partial charge in [0.05, 0.1) is 0 Å². The quantitative estimate of drug-likeness (QED) is 0.694. The normalized spacial score (nSPS) is 25.0. The van der Waals surface area contributed by atoms with Crippen LogP contribution >= 0.6 is 0 Å². The number of hydrogen-bond acceptors (Lipinski definition) is 1. The summed E-state index contributed by atoms with van der Waals surface area (Å²) in [7, 11) is 1.89. The second-order valence-corrected chi connectivity index (χ2v) is 3.89. The Balaban J connectivity index is 2.15. The van der Waals surface area contributed by atoms with Crippen molar-refractivity contribution in [3.05, 3.63) is 0 Å². The van der Waals surface area contributed by atoms with Crippen molar-refractivity contribution in [1.82, 2.24) is 5.32 Å². The van der Waals surface area contributed by atoms with Gasteiger partial charge in [0.2, 0.25) is 5.92 Å². The van der Waals surface area contributed by atoms with E-state index in [9.17, 15) is 8.78 Å². The lowest BCUT2D eigenvalue weighted by atomic mass is 9.73. The monoisotopic (exact) mass is 177 g/mol. The van der Waals surface area contributed by atoms with Crippen molar-refractivity contribution in [3.8, 4) is 0 Å². The first kappa shape index (κ1) is 9.90. The largest absolute Gasteiger partial charge is 0.320 e. The van der Waals surface area contributed by atoms with Crippen LogP contribution in [0.5, 0.6) is 0 Å². The molecule has 0 bridgehead atoms. The Kier molecular flexibility index (Phi) is 3.04.